The van der Waals surface area contributed by atoms with Crippen LogP contribution in [0.1, 0.15) is 40.7 Å². The third-order valence-corrected chi connectivity index (χ3v) is 7.07. The molecule has 7 heteroatoms. The summed E-state index contributed by atoms with van der Waals surface area (Å²) in [7, 11) is 1.84. The first-order chi connectivity index (χ1) is 16.1. The number of hydrogen-bond donors (Lipinski definition) is 2. The maximum absolute atomic E-state index is 12.8. The summed E-state index contributed by atoms with van der Waals surface area (Å²) in [6.45, 7) is 11.8. The molecule has 0 radical (unpaired) electrons. The molecular formula is C27H38N4O3. The molecule has 0 aliphatic carbocycles. The zero-order valence-corrected chi connectivity index (χ0v) is 21.3. The summed E-state index contributed by atoms with van der Waals surface area (Å²) in [5, 5.41) is 3.06. The van der Waals surface area contributed by atoms with E-state index in [0.29, 0.717) is 12.3 Å². The number of anilines is 2. The number of hydrogen-bond acceptors (Lipinski definition) is 5. The van der Waals surface area contributed by atoms with Crippen LogP contribution < -0.4 is 15.8 Å². The predicted molar refractivity (Wildman–Crippen MR) is 137 cm³/mol. The molecule has 1 aliphatic heterocycles. The number of piperidine rings is 1. The third kappa shape index (κ3) is 5.89. The lowest BCUT2D eigenvalue weighted by atomic mass is 10.0. The number of nitrogens with two attached hydrogens (primary N) is 1. The Balaban J connectivity index is 1.47. The second-order valence-electron chi connectivity index (χ2n) is 9.47. The van der Waals surface area contributed by atoms with E-state index in [9.17, 15) is 9.59 Å². The molecule has 1 heterocycles. The molecule has 0 unspecified atom stereocenters. The molecule has 7 nitrogen and oxygen atoms in total. The Hall–Kier alpha value is -3.06. The van der Waals surface area contributed by atoms with Crippen LogP contribution in [0.5, 0.6) is 5.75 Å². The summed E-state index contributed by atoms with van der Waals surface area (Å²) < 4.78 is 5.87. The summed E-state index contributed by atoms with van der Waals surface area (Å²) in [4.78, 5) is 29.3. The molecule has 34 heavy (non-hydrogen) atoms. The number of para-hydroxylation sites is 1. The van der Waals surface area contributed by atoms with Gasteiger partial charge in [-0.1, -0.05) is 18.2 Å². The van der Waals surface area contributed by atoms with Crippen LogP contribution in [0, 0.1) is 34.6 Å². The summed E-state index contributed by atoms with van der Waals surface area (Å²) in [5.74, 6) is 0.659. The van der Waals surface area contributed by atoms with Crippen LogP contribution in [-0.2, 0) is 9.59 Å². The van der Waals surface area contributed by atoms with E-state index in [4.69, 9.17) is 10.5 Å². The summed E-state index contributed by atoms with van der Waals surface area (Å²) >= 11 is 0. The van der Waals surface area contributed by atoms with Gasteiger partial charge in [0.05, 0.1) is 6.54 Å². The van der Waals surface area contributed by atoms with Gasteiger partial charge in [0, 0.05) is 37.6 Å². The van der Waals surface area contributed by atoms with E-state index in [1.165, 1.54) is 0 Å². The maximum Gasteiger partial charge on any atom is 0.260 e. The molecule has 2 aromatic carbocycles. The molecule has 0 spiro atoms. The fraction of sp³-hybridized carbons (Fsp3) is 0.481. The van der Waals surface area contributed by atoms with Crippen LogP contribution in [0.3, 0.4) is 0 Å². The molecule has 1 fully saturated rings. The first-order valence-corrected chi connectivity index (χ1v) is 11.9. The standard InChI is InChI=1S/C27H38N4O3/c1-17-8-7-9-18(2)27(17)29-24(32)15-31-12-10-22(11-13-31)30(6)25(33)16-34-23-14-19(3)26(28)21(5)20(23)4/h7-9,14,22H,10-13,15-16,28H2,1-6H3,(H,29,32). The highest BCUT2D eigenvalue weighted by molar-refractivity contribution is 5.93. The minimum absolute atomic E-state index is 0.00145. The zero-order valence-electron chi connectivity index (χ0n) is 21.3. The first-order valence-electron chi connectivity index (χ1n) is 11.9. The Kier molecular flexibility index (Phi) is 8.20. The van der Waals surface area contributed by atoms with Crippen molar-refractivity contribution in [1.29, 1.82) is 0 Å². The number of amides is 2. The molecule has 0 atom stereocenters. The van der Waals surface area contributed by atoms with Crippen molar-refractivity contribution in [2.24, 2.45) is 0 Å². The van der Waals surface area contributed by atoms with Crippen LogP contribution in [0.25, 0.3) is 0 Å². The average Bonchev–Trinajstić information content (AvgIpc) is 2.81. The van der Waals surface area contributed by atoms with Gasteiger partial charge in [-0.05, 0) is 81.3 Å². The van der Waals surface area contributed by atoms with Crippen molar-refractivity contribution in [3.63, 3.8) is 0 Å². The number of benzene rings is 2. The van der Waals surface area contributed by atoms with Crippen molar-refractivity contribution >= 4 is 23.2 Å². The van der Waals surface area contributed by atoms with Gasteiger partial charge in [-0.2, -0.15) is 0 Å². The SMILES string of the molecule is Cc1cc(OCC(=O)N(C)C2CCN(CC(=O)Nc3c(C)cccc3C)CC2)c(C)c(C)c1N. The number of aryl methyl sites for hydroxylation is 3. The van der Waals surface area contributed by atoms with Crippen LogP contribution >= 0.6 is 0 Å². The number of carbonyl (C=O) groups excluding carboxylic acids is 2. The van der Waals surface area contributed by atoms with E-state index in [2.05, 4.69) is 10.2 Å². The van der Waals surface area contributed by atoms with Crippen molar-refractivity contribution in [2.45, 2.75) is 53.5 Å². The van der Waals surface area contributed by atoms with Crippen molar-refractivity contribution in [3.8, 4) is 5.75 Å². The zero-order chi connectivity index (χ0) is 25.0. The molecule has 0 bridgehead atoms. The Morgan fingerprint density at radius 2 is 1.68 bits per heavy atom. The molecule has 1 saturated heterocycles. The Bertz CT molecular complexity index is 1040. The highest BCUT2D eigenvalue weighted by atomic mass is 16.5. The largest absolute Gasteiger partial charge is 0.483 e. The molecule has 3 N–H and O–H groups in total. The lowest BCUT2D eigenvalue weighted by Crippen LogP contribution is -2.48. The van der Waals surface area contributed by atoms with Crippen molar-refractivity contribution in [2.75, 3.05) is 44.3 Å². The number of carbonyl (C=O) groups is 2. The number of nitrogens with one attached hydrogen (secondary N) is 1. The van der Waals surface area contributed by atoms with E-state index in [1.54, 1.807) is 4.90 Å². The van der Waals surface area contributed by atoms with E-state index < -0.39 is 0 Å². The quantitative estimate of drug-likeness (QED) is 0.607. The smallest absolute Gasteiger partial charge is 0.260 e. The Morgan fingerprint density at radius 1 is 1.06 bits per heavy atom. The lowest BCUT2D eigenvalue weighted by molar-refractivity contribution is -0.135. The minimum Gasteiger partial charge on any atom is -0.483 e. The maximum atomic E-state index is 12.8. The molecule has 2 amide bonds. The van der Waals surface area contributed by atoms with Gasteiger partial charge in [0.25, 0.3) is 5.91 Å². The van der Waals surface area contributed by atoms with E-state index in [-0.39, 0.29) is 24.5 Å². The monoisotopic (exact) mass is 466 g/mol. The number of ether oxygens (including phenoxy) is 1. The van der Waals surface area contributed by atoms with E-state index in [0.717, 1.165) is 65.1 Å². The van der Waals surface area contributed by atoms with Gasteiger partial charge in [-0.3, -0.25) is 14.5 Å². The van der Waals surface area contributed by atoms with Gasteiger partial charge >= 0.3 is 0 Å². The topological polar surface area (TPSA) is 87.9 Å². The van der Waals surface area contributed by atoms with Gasteiger partial charge in [0.15, 0.2) is 6.61 Å². The molecule has 0 saturated carbocycles. The molecule has 184 valence electrons. The van der Waals surface area contributed by atoms with Gasteiger partial charge in [0.1, 0.15) is 5.75 Å². The number of nitrogen functional groups attached to an aromatic ring is 1. The van der Waals surface area contributed by atoms with Crippen molar-refractivity contribution < 1.29 is 14.3 Å². The minimum atomic E-state index is -0.0437. The first kappa shape index (κ1) is 25.6. The van der Waals surface area contributed by atoms with Gasteiger partial charge in [-0.15, -0.1) is 0 Å². The van der Waals surface area contributed by atoms with Crippen molar-refractivity contribution in [3.05, 3.63) is 52.1 Å². The van der Waals surface area contributed by atoms with Gasteiger partial charge in [-0.25, -0.2) is 0 Å². The summed E-state index contributed by atoms with van der Waals surface area (Å²) in [6.07, 6.45) is 1.66. The Morgan fingerprint density at radius 3 is 2.29 bits per heavy atom. The van der Waals surface area contributed by atoms with Crippen LogP contribution in [0.15, 0.2) is 24.3 Å². The molecular weight excluding hydrogens is 428 g/mol. The summed E-state index contributed by atoms with van der Waals surface area (Å²) in [5.41, 5.74) is 12.8. The molecule has 3 rings (SSSR count). The lowest BCUT2D eigenvalue weighted by Gasteiger charge is -2.36. The fourth-order valence-corrected chi connectivity index (χ4v) is 4.52. The predicted octanol–water partition coefficient (Wildman–Crippen LogP) is 3.75. The fourth-order valence-electron chi connectivity index (χ4n) is 4.52. The van der Waals surface area contributed by atoms with Gasteiger partial charge in [0.2, 0.25) is 5.91 Å². The molecule has 2 aromatic rings. The highest BCUT2D eigenvalue weighted by Crippen LogP contribution is 2.29. The van der Waals surface area contributed by atoms with Crippen LogP contribution in [0.2, 0.25) is 0 Å². The average molecular weight is 467 g/mol. The number of rotatable bonds is 7. The second-order valence-corrected chi connectivity index (χ2v) is 9.47. The number of nitrogens with zero attached hydrogens (tertiary/aromatic N) is 2. The van der Waals surface area contributed by atoms with Crippen molar-refractivity contribution in [1.82, 2.24) is 9.80 Å². The van der Waals surface area contributed by atoms with Crippen LogP contribution in [-0.4, -0.2) is 60.9 Å². The summed E-state index contributed by atoms with van der Waals surface area (Å²) in [6, 6.07) is 8.04. The van der Waals surface area contributed by atoms with Gasteiger partial charge < -0.3 is 20.7 Å². The Labute approximate surface area is 203 Å². The normalized spacial score (nSPS) is 14.6. The number of likely N-dealkylation sites (N-methyl/N-ethyl adjacent to an activating group) is 1. The number of likely N-dealkylation sites (tertiary alicyclic amines) is 1. The third-order valence-electron chi connectivity index (χ3n) is 7.07. The van der Waals surface area contributed by atoms with E-state index in [1.807, 2.05) is 65.9 Å². The highest BCUT2D eigenvalue weighted by Gasteiger charge is 2.26. The van der Waals surface area contributed by atoms with Crippen LogP contribution in [0.4, 0.5) is 11.4 Å². The second kappa shape index (κ2) is 10.9. The van der Waals surface area contributed by atoms with E-state index >= 15 is 0 Å². The molecule has 0 aromatic heterocycles. The molecule has 1 aliphatic rings.